The second kappa shape index (κ2) is 6.95. The van der Waals surface area contributed by atoms with Gasteiger partial charge >= 0.3 is 5.97 Å². The Kier molecular flexibility index (Phi) is 4.56. The van der Waals surface area contributed by atoms with Gasteiger partial charge in [-0.3, -0.25) is 0 Å². The molecular formula is C18H16N2O4. The molecule has 2 aromatic heterocycles. The summed E-state index contributed by atoms with van der Waals surface area (Å²) in [6, 6.07) is 12.7. The third kappa shape index (κ3) is 3.60. The van der Waals surface area contributed by atoms with Crippen LogP contribution in [0, 0.1) is 6.92 Å². The molecule has 0 spiro atoms. The first-order chi connectivity index (χ1) is 11.6. The van der Waals surface area contributed by atoms with Crippen LogP contribution in [0.1, 0.15) is 21.8 Å². The molecule has 1 N–H and O–H groups in total. The SMILES string of the molecule is Cc1oc(-c2ccccc2)nc1CCOc1ccc(C(=O)O)cn1. The van der Waals surface area contributed by atoms with Gasteiger partial charge < -0.3 is 14.3 Å². The first-order valence-electron chi connectivity index (χ1n) is 7.47. The van der Waals surface area contributed by atoms with Crippen LogP contribution >= 0.6 is 0 Å². The lowest BCUT2D eigenvalue weighted by Gasteiger charge is -2.04. The van der Waals surface area contributed by atoms with Gasteiger partial charge in [-0.05, 0) is 25.1 Å². The molecule has 0 aliphatic heterocycles. The summed E-state index contributed by atoms with van der Waals surface area (Å²) in [7, 11) is 0. The van der Waals surface area contributed by atoms with Crippen LogP contribution in [0.25, 0.3) is 11.5 Å². The van der Waals surface area contributed by atoms with E-state index in [9.17, 15) is 4.79 Å². The summed E-state index contributed by atoms with van der Waals surface area (Å²) in [6.45, 7) is 2.25. The molecule has 0 atom stereocenters. The van der Waals surface area contributed by atoms with Gasteiger partial charge in [0, 0.05) is 24.2 Å². The predicted molar refractivity (Wildman–Crippen MR) is 87.1 cm³/mol. The molecule has 122 valence electrons. The quantitative estimate of drug-likeness (QED) is 0.748. The van der Waals surface area contributed by atoms with E-state index in [0.29, 0.717) is 24.8 Å². The van der Waals surface area contributed by atoms with E-state index in [1.165, 1.54) is 18.3 Å². The molecule has 6 heteroatoms. The molecule has 0 aliphatic rings. The lowest BCUT2D eigenvalue weighted by molar-refractivity contribution is 0.0696. The number of aromatic carboxylic acids is 1. The molecule has 6 nitrogen and oxygen atoms in total. The summed E-state index contributed by atoms with van der Waals surface area (Å²) in [6.07, 6.45) is 1.84. The second-order valence-corrected chi connectivity index (χ2v) is 5.18. The number of hydrogen-bond acceptors (Lipinski definition) is 5. The van der Waals surface area contributed by atoms with Gasteiger partial charge in [0.25, 0.3) is 0 Å². The molecule has 2 heterocycles. The Morgan fingerprint density at radius 1 is 1.21 bits per heavy atom. The molecule has 0 amide bonds. The van der Waals surface area contributed by atoms with E-state index < -0.39 is 5.97 Å². The standard InChI is InChI=1S/C18H16N2O4/c1-12-15(20-17(24-12)13-5-3-2-4-6-13)9-10-23-16-8-7-14(11-19-16)18(21)22/h2-8,11H,9-10H2,1H3,(H,21,22). The van der Waals surface area contributed by atoms with Crippen molar-refractivity contribution < 1.29 is 19.1 Å². The number of rotatable bonds is 6. The lowest BCUT2D eigenvalue weighted by Crippen LogP contribution is -2.05. The molecule has 0 radical (unpaired) electrons. The summed E-state index contributed by atoms with van der Waals surface area (Å²) in [4.78, 5) is 19.2. The maximum Gasteiger partial charge on any atom is 0.337 e. The van der Waals surface area contributed by atoms with Crippen LogP contribution in [-0.4, -0.2) is 27.7 Å². The molecule has 0 bridgehead atoms. The molecule has 0 saturated carbocycles. The summed E-state index contributed by atoms with van der Waals surface area (Å²) >= 11 is 0. The Morgan fingerprint density at radius 2 is 2.00 bits per heavy atom. The number of nitrogens with zero attached hydrogens (tertiary/aromatic N) is 2. The number of benzene rings is 1. The first kappa shape index (κ1) is 15.7. The van der Waals surface area contributed by atoms with Crippen LogP contribution in [0.3, 0.4) is 0 Å². The molecule has 0 aliphatic carbocycles. The maximum absolute atomic E-state index is 10.8. The highest BCUT2D eigenvalue weighted by molar-refractivity contribution is 5.87. The van der Waals surface area contributed by atoms with Crippen molar-refractivity contribution in [2.75, 3.05) is 6.61 Å². The van der Waals surface area contributed by atoms with Gasteiger partial charge in [0.15, 0.2) is 0 Å². The number of ether oxygens (including phenoxy) is 1. The second-order valence-electron chi connectivity index (χ2n) is 5.18. The van der Waals surface area contributed by atoms with Crippen molar-refractivity contribution in [1.82, 2.24) is 9.97 Å². The number of aryl methyl sites for hydroxylation is 1. The van der Waals surface area contributed by atoms with Crippen LogP contribution in [0.5, 0.6) is 5.88 Å². The number of aromatic nitrogens is 2. The lowest BCUT2D eigenvalue weighted by atomic mass is 10.2. The van der Waals surface area contributed by atoms with Gasteiger partial charge in [-0.25, -0.2) is 14.8 Å². The molecular weight excluding hydrogens is 308 g/mol. The highest BCUT2D eigenvalue weighted by atomic mass is 16.5. The molecule has 3 aromatic rings. The van der Waals surface area contributed by atoms with Crippen molar-refractivity contribution in [3.8, 4) is 17.3 Å². The van der Waals surface area contributed by atoms with Crippen molar-refractivity contribution in [3.63, 3.8) is 0 Å². The number of hydrogen-bond donors (Lipinski definition) is 1. The van der Waals surface area contributed by atoms with Crippen molar-refractivity contribution in [2.24, 2.45) is 0 Å². The normalized spacial score (nSPS) is 10.5. The van der Waals surface area contributed by atoms with Gasteiger partial charge in [0.05, 0.1) is 17.9 Å². The van der Waals surface area contributed by atoms with E-state index in [4.69, 9.17) is 14.3 Å². The zero-order valence-corrected chi connectivity index (χ0v) is 13.1. The van der Waals surface area contributed by atoms with Crippen LogP contribution in [0.15, 0.2) is 53.1 Å². The molecule has 1 aromatic carbocycles. The fourth-order valence-electron chi connectivity index (χ4n) is 2.21. The summed E-state index contributed by atoms with van der Waals surface area (Å²) in [5.41, 5.74) is 1.89. The van der Waals surface area contributed by atoms with E-state index in [1.807, 2.05) is 37.3 Å². The van der Waals surface area contributed by atoms with Crippen LogP contribution in [0.2, 0.25) is 0 Å². The third-order valence-corrected chi connectivity index (χ3v) is 3.49. The minimum Gasteiger partial charge on any atom is -0.478 e. The van der Waals surface area contributed by atoms with Gasteiger partial charge in [-0.15, -0.1) is 0 Å². The first-order valence-corrected chi connectivity index (χ1v) is 7.47. The monoisotopic (exact) mass is 324 g/mol. The minimum atomic E-state index is -1.01. The fraction of sp³-hybridized carbons (Fsp3) is 0.167. The Morgan fingerprint density at radius 3 is 2.67 bits per heavy atom. The highest BCUT2D eigenvalue weighted by Crippen LogP contribution is 2.21. The highest BCUT2D eigenvalue weighted by Gasteiger charge is 2.11. The van der Waals surface area contributed by atoms with Crippen molar-refractivity contribution in [3.05, 3.63) is 65.7 Å². The summed E-state index contributed by atoms with van der Waals surface area (Å²) in [5.74, 6) is 0.712. The smallest absolute Gasteiger partial charge is 0.337 e. The minimum absolute atomic E-state index is 0.127. The van der Waals surface area contributed by atoms with E-state index >= 15 is 0 Å². The molecule has 0 unspecified atom stereocenters. The Labute approximate surface area is 138 Å². The van der Waals surface area contributed by atoms with Gasteiger partial charge in [-0.1, -0.05) is 18.2 Å². The maximum atomic E-state index is 10.8. The average Bonchev–Trinajstić information content (AvgIpc) is 2.97. The van der Waals surface area contributed by atoms with E-state index in [0.717, 1.165) is 17.0 Å². The Hall–Kier alpha value is -3.15. The van der Waals surface area contributed by atoms with Gasteiger partial charge in [-0.2, -0.15) is 0 Å². The summed E-state index contributed by atoms with van der Waals surface area (Å²) < 4.78 is 11.2. The largest absolute Gasteiger partial charge is 0.478 e. The van der Waals surface area contributed by atoms with Crippen LogP contribution < -0.4 is 4.74 Å². The number of carbonyl (C=O) groups is 1. The van der Waals surface area contributed by atoms with Crippen LogP contribution in [0.4, 0.5) is 0 Å². The number of pyridine rings is 1. The molecule has 24 heavy (non-hydrogen) atoms. The fourth-order valence-corrected chi connectivity index (χ4v) is 2.21. The third-order valence-electron chi connectivity index (χ3n) is 3.49. The summed E-state index contributed by atoms with van der Waals surface area (Å²) in [5, 5.41) is 8.83. The molecule has 3 rings (SSSR count). The predicted octanol–water partition coefficient (Wildman–Crippen LogP) is 3.36. The topological polar surface area (TPSA) is 85.5 Å². The Balaban J connectivity index is 1.61. The average molecular weight is 324 g/mol. The van der Waals surface area contributed by atoms with Gasteiger partial charge in [0.2, 0.25) is 11.8 Å². The van der Waals surface area contributed by atoms with E-state index in [1.54, 1.807) is 0 Å². The number of carboxylic acid groups (broad SMARTS) is 1. The zero-order chi connectivity index (χ0) is 16.9. The van der Waals surface area contributed by atoms with E-state index in [2.05, 4.69) is 9.97 Å². The number of carboxylic acids is 1. The van der Waals surface area contributed by atoms with Crippen LogP contribution in [-0.2, 0) is 6.42 Å². The van der Waals surface area contributed by atoms with Crippen molar-refractivity contribution in [1.29, 1.82) is 0 Å². The Bertz CT molecular complexity index is 826. The zero-order valence-electron chi connectivity index (χ0n) is 13.1. The van der Waals surface area contributed by atoms with E-state index in [-0.39, 0.29) is 5.56 Å². The van der Waals surface area contributed by atoms with Crippen molar-refractivity contribution >= 4 is 5.97 Å². The van der Waals surface area contributed by atoms with Gasteiger partial charge in [0.1, 0.15) is 5.76 Å². The molecule has 0 saturated heterocycles. The van der Waals surface area contributed by atoms with Crippen molar-refractivity contribution in [2.45, 2.75) is 13.3 Å². The molecule has 0 fully saturated rings. The number of oxazole rings is 1.